The van der Waals surface area contributed by atoms with E-state index in [1.54, 1.807) is 12.1 Å². The van der Waals surface area contributed by atoms with Gasteiger partial charge in [-0.3, -0.25) is 4.72 Å². The third-order valence-electron chi connectivity index (χ3n) is 1.98. The van der Waals surface area contributed by atoms with Gasteiger partial charge in [0, 0.05) is 6.07 Å². The van der Waals surface area contributed by atoms with E-state index in [4.69, 9.17) is 0 Å². The van der Waals surface area contributed by atoms with Crippen LogP contribution in [0, 0.1) is 6.92 Å². The first-order chi connectivity index (χ1) is 7.58. The van der Waals surface area contributed by atoms with E-state index >= 15 is 0 Å². The predicted octanol–water partition coefficient (Wildman–Crippen LogP) is 1.78. The van der Waals surface area contributed by atoms with Gasteiger partial charge >= 0.3 is 0 Å². The molecule has 6 heteroatoms. The molecular formula is C10H10N2O3S. The van der Waals surface area contributed by atoms with Gasteiger partial charge in [-0.2, -0.15) is 0 Å². The van der Waals surface area contributed by atoms with Gasteiger partial charge in [0.25, 0.3) is 10.0 Å². The fourth-order valence-electron chi connectivity index (χ4n) is 1.24. The Kier molecular flexibility index (Phi) is 2.66. The number of benzene rings is 1. The molecule has 2 rings (SSSR count). The number of hydrogen-bond donors (Lipinski definition) is 1. The molecule has 0 atom stereocenters. The summed E-state index contributed by atoms with van der Waals surface area (Å²) in [5, 5.41) is 3.48. The van der Waals surface area contributed by atoms with Crippen LogP contribution in [0.15, 0.2) is 46.0 Å². The van der Waals surface area contributed by atoms with Crippen LogP contribution in [0.25, 0.3) is 0 Å². The van der Waals surface area contributed by atoms with Crippen molar-refractivity contribution in [3.63, 3.8) is 0 Å². The third-order valence-corrected chi connectivity index (χ3v) is 3.33. The molecule has 1 aromatic carbocycles. The quantitative estimate of drug-likeness (QED) is 0.884. The number of hydrogen-bond acceptors (Lipinski definition) is 4. The summed E-state index contributed by atoms with van der Waals surface area (Å²) in [6.45, 7) is 1.83. The molecule has 0 amide bonds. The maximum absolute atomic E-state index is 11.9. The molecule has 0 bridgehead atoms. The summed E-state index contributed by atoms with van der Waals surface area (Å²) in [5.74, 6) is 0.168. The van der Waals surface area contributed by atoms with Gasteiger partial charge in [-0.1, -0.05) is 17.3 Å². The summed E-state index contributed by atoms with van der Waals surface area (Å²) in [6, 6.07) is 8.06. The van der Waals surface area contributed by atoms with E-state index in [2.05, 4.69) is 14.4 Å². The summed E-state index contributed by atoms with van der Waals surface area (Å²) in [7, 11) is -3.58. The Hall–Kier alpha value is -1.82. The van der Waals surface area contributed by atoms with E-state index < -0.39 is 10.0 Å². The molecule has 1 aromatic heterocycles. The third kappa shape index (κ3) is 2.22. The first kappa shape index (κ1) is 10.7. The number of nitrogens with zero attached hydrogens (tertiary/aromatic N) is 1. The van der Waals surface area contributed by atoms with E-state index in [1.165, 1.54) is 18.4 Å². The van der Waals surface area contributed by atoms with Crippen molar-refractivity contribution >= 4 is 15.8 Å². The Balaban J connectivity index is 2.33. The van der Waals surface area contributed by atoms with Crippen molar-refractivity contribution in [3.05, 3.63) is 42.2 Å². The summed E-state index contributed by atoms with van der Waals surface area (Å²) < 4.78 is 30.6. The van der Waals surface area contributed by atoms with Crippen LogP contribution >= 0.6 is 0 Å². The minimum Gasteiger partial charge on any atom is -0.363 e. The van der Waals surface area contributed by atoms with Crippen molar-refractivity contribution in [2.45, 2.75) is 11.8 Å². The molecule has 0 fully saturated rings. The number of aromatic nitrogens is 1. The number of anilines is 1. The second kappa shape index (κ2) is 3.97. The van der Waals surface area contributed by atoms with Crippen molar-refractivity contribution in [2.75, 3.05) is 4.72 Å². The van der Waals surface area contributed by atoms with E-state index in [-0.39, 0.29) is 10.7 Å². The molecule has 0 aliphatic rings. The molecule has 0 radical (unpaired) electrons. The minimum atomic E-state index is -3.58. The van der Waals surface area contributed by atoms with Crippen molar-refractivity contribution in [2.24, 2.45) is 0 Å². The number of aryl methyl sites for hydroxylation is 1. The molecule has 0 spiro atoms. The molecule has 0 saturated carbocycles. The molecule has 0 aliphatic heterocycles. The standard InChI is InChI=1S/C10H10N2O3S/c1-8-3-2-4-9(7-8)16(13,14)12-10-5-6-15-11-10/h2-7H,1H3,(H,11,12). The van der Waals surface area contributed by atoms with E-state index in [0.717, 1.165) is 5.56 Å². The van der Waals surface area contributed by atoms with E-state index in [1.807, 2.05) is 13.0 Å². The van der Waals surface area contributed by atoms with Gasteiger partial charge in [-0.05, 0) is 24.6 Å². The second-order valence-electron chi connectivity index (χ2n) is 3.31. The lowest BCUT2D eigenvalue weighted by Gasteiger charge is -2.05. The van der Waals surface area contributed by atoms with Gasteiger partial charge < -0.3 is 4.52 Å². The molecule has 2 aromatic rings. The van der Waals surface area contributed by atoms with Crippen LogP contribution in [0.2, 0.25) is 0 Å². The van der Waals surface area contributed by atoms with Crippen molar-refractivity contribution in [1.29, 1.82) is 0 Å². The maximum Gasteiger partial charge on any atom is 0.263 e. The molecule has 0 aliphatic carbocycles. The topological polar surface area (TPSA) is 72.2 Å². The maximum atomic E-state index is 11.9. The van der Waals surface area contributed by atoms with Crippen LogP contribution in [0.4, 0.5) is 5.82 Å². The van der Waals surface area contributed by atoms with E-state index in [0.29, 0.717) is 0 Å². The normalized spacial score (nSPS) is 11.3. The van der Waals surface area contributed by atoms with Crippen LogP contribution < -0.4 is 4.72 Å². The fourth-order valence-corrected chi connectivity index (χ4v) is 2.34. The summed E-state index contributed by atoms with van der Waals surface area (Å²) in [4.78, 5) is 0.204. The largest absolute Gasteiger partial charge is 0.363 e. The van der Waals surface area contributed by atoms with Crippen molar-refractivity contribution in [3.8, 4) is 0 Å². The Morgan fingerprint density at radius 3 is 2.75 bits per heavy atom. The molecule has 0 saturated heterocycles. The van der Waals surface area contributed by atoms with Gasteiger partial charge in [-0.15, -0.1) is 0 Å². The second-order valence-corrected chi connectivity index (χ2v) is 4.99. The predicted molar refractivity (Wildman–Crippen MR) is 58.5 cm³/mol. The lowest BCUT2D eigenvalue weighted by molar-refractivity contribution is 0.423. The Bertz CT molecular complexity index is 576. The molecule has 84 valence electrons. The monoisotopic (exact) mass is 238 g/mol. The molecule has 0 unspecified atom stereocenters. The first-order valence-corrected chi connectivity index (χ1v) is 6.06. The molecule has 5 nitrogen and oxygen atoms in total. The number of nitrogens with one attached hydrogen (secondary N) is 1. The van der Waals surface area contributed by atoms with Crippen molar-refractivity contribution < 1.29 is 12.9 Å². The highest BCUT2D eigenvalue weighted by molar-refractivity contribution is 7.92. The van der Waals surface area contributed by atoms with Gasteiger partial charge in [0.1, 0.15) is 6.26 Å². The highest BCUT2D eigenvalue weighted by Crippen LogP contribution is 2.15. The molecule has 16 heavy (non-hydrogen) atoms. The smallest absolute Gasteiger partial charge is 0.263 e. The highest BCUT2D eigenvalue weighted by atomic mass is 32.2. The zero-order valence-electron chi connectivity index (χ0n) is 8.54. The highest BCUT2D eigenvalue weighted by Gasteiger charge is 2.15. The minimum absolute atomic E-state index is 0.168. The first-order valence-electron chi connectivity index (χ1n) is 4.58. The van der Waals surface area contributed by atoms with E-state index in [9.17, 15) is 8.42 Å². The van der Waals surface area contributed by atoms with Crippen LogP contribution in [0.5, 0.6) is 0 Å². The van der Waals surface area contributed by atoms with Gasteiger partial charge in [0.15, 0.2) is 5.82 Å². The molecule has 1 heterocycles. The van der Waals surface area contributed by atoms with Gasteiger partial charge in [0.05, 0.1) is 4.90 Å². The van der Waals surface area contributed by atoms with Crippen LogP contribution in [-0.4, -0.2) is 13.6 Å². The van der Waals surface area contributed by atoms with Crippen LogP contribution in [0.3, 0.4) is 0 Å². The zero-order valence-corrected chi connectivity index (χ0v) is 9.36. The lowest BCUT2D eigenvalue weighted by atomic mass is 10.2. The van der Waals surface area contributed by atoms with Gasteiger partial charge in [0.2, 0.25) is 0 Å². The summed E-state index contributed by atoms with van der Waals surface area (Å²) in [5.41, 5.74) is 0.878. The Morgan fingerprint density at radius 2 is 2.12 bits per heavy atom. The zero-order chi connectivity index (χ0) is 11.6. The van der Waals surface area contributed by atoms with Crippen molar-refractivity contribution in [1.82, 2.24) is 5.16 Å². The number of sulfonamides is 1. The average molecular weight is 238 g/mol. The molecular weight excluding hydrogens is 228 g/mol. The van der Waals surface area contributed by atoms with Crippen LogP contribution in [0.1, 0.15) is 5.56 Å². The Labute approximate surface area is 93.1 Å². The number of rotatable bonds is 3. The summed E-state index contributed by atoms with van der Waals surface area (Å²) >= 11 is 0. The summed E-state index contributed by atoms with van der Waals surface area (Å²) in [6.07, 6.45) is 1.30. The average Bonchev–Trinajstić information content (AvgIpc) is 2.70. The SMILES string of the molecule is Cc1cccc(S(=O)(=O)Nc2ccon2)c1. The molecule has 1 N–H and O–H groups in total. The lowest BCUT2D eigenvalue weighted by Crippen LogP contribution is -2.13. The van der Waals surface area contributed by atoms with Crippen LogP contribution in [-0.2, 0) is 10.0 Å². The Morgan fingerprint density at radius 1 is 1.31 bits per heavy atom. The van der Waals surface area contributed by atoms with Gasteiger partial charge in [-0.25, -0.2) is 8.42 Å². The fraction of sp³-hybridized carbons (Fsp3) is 0.100.